The smallest absolute Gasteiger partial charge is 0.156 e. The first-order chi connectivity index (χ1) is 14.1. The quantitative estimate of drug-likeness (QED) is 0.488. The average Bonchev–Trinajstić information content (AvgIpc) is 3.43. The molecule has 0 spiro atoms. The molecule has 0 aliphatic rings. The summed E-state index contributed by atoms with van der Waals surface area (Å²) in [6.45, 7) is 4.41. The lowest BCUT2D eigenvalue weighted by Crippen LogP contribution is -2.02. The van der Waals surface area contributed by atoms with Gasteiger partial charge in [-0.1, -0.05) is 6.07 Å². The second-order valence-corrected chi connectivity index (χ2v) is 7.06. The maximum Gasteiger partial charge on any atom is 0.156 e. The zero-order valence-corrected chi connectivity index (χ0v) is 15.9. The van der Waals surface area contributed by atoms with Gasteiger partial charge < -0.3 is 4.98 Å². The number of aromatic nitrogens is 7. The first-order valence-electron chi connectivity index (χ1n) is 9.21. The van der Waals surface area contributed by atoms with Gasteiger partial charge in [0.25, 0.3) is 0 Å². The van der Waals surface area contributed by atoms with Crippen LogP contribution in [0.5, 0.6) is 0 Å². The molecule has 0 saturated carbocycles. The van der Waals surface area contributed by atoms with E-state index in [-0.39, 0.29) is 5.82 Å². The largest absolute Gasteiger partial charge is 0.344 e. The summed E-state index contributed by atoms with van der Waals surface area (Å²) in [4.78, 5) is 12.5. The van der Waals surface area contributed by atoms with Crippen LogP contribution < -0.4 is 0 Å². The van der Waals surface area contributed by atoms with Crippen LogP contribution in [0.3, 0.4) is 0 Å². The summed E-state index contributed by atoms with van der Waals surface area (Å²) in [6.07, 6.45) is 9.08. The SMILES string of the molecule is Cc1ccc(F)cc1Cn1cc(-c2c[nH]c3ncc(-c4cn[nH]c4C)nc23)cn1. The molecule has 4 aromatic heterocycles. The monoisotopic (exact) mass is 387 g/mol. The number of H-pyrrole nitrogens is 2. The molecular weight excluding hydrogens is 369 g/mol. The van der Waals surface area contributed by atoms with Gasteiger partial charge in [-0.05, 0) is 37.1 Å². The number of hydrogen-bond acceptors (Lipinski definition) is 4. The summed E-state index contributed by atoms with van der Waals surface area (Å²) in [5, 5.41) is 11.4. The zero-order chi connectivity index (χ0) is 20.0. The molecule has 0 aliphatic heterocycles. The molecule has 0 unspecified atom stereocenters. The second kappa shape index (κ2) is 6.66. The normalized spacial score (nSPS) is 11.4. The Labute approximate surface area is 165 Å². The van der Waals surface area contributed by atoms with Crippen LogP contribution in [0.1, 0.15) is 16.8 Å². The van der Waals surface area contributed by atoms with Gasteiger partial charge in [-0.25, -0.2) is 14.4 Å². The van der Waals surface area contributed by atoms with E-state index in [1.54, 1.807) is 35.4 Å². The number of aromatic amines is 2. The Morgan fingerprint density at radius 1 is 1.10 bits per heavy atom. The van der Waals surface area contributed by atoms with E-state index in [1.165, 1.54) is 6.07 Å². The standard InChI is InChI=1S/C21H18FN7/c1-12-3-4-16(22)5-14(12)10-29-11-15(6-26-29)18-7-23-21-20(18)27-19(9-24-21)17-8-25-28-13(17)2/h3-9,11H,10H2,1-2H3,(H,23,24)(H,25,28). The maximum absolute atomic E-state index is 13.6. The summed E-state index contributed by atoms with van der Waals surface area (Å²) in [5.41, 5.74) is 7.85. The van der Waals surface area contributed by atoms with Crippen LogP contribution in [0.15, 0.2) is 49.2 Å². The molecule has 7 nitrogen and oxygen atoms in total. The van der Waals surface area contributed by atoms with Crippen LogP contribution in [0.25, 0.3) is 33.5 Å². The van der Waals surface area contributed by atoms with E-state index in [0.717, 1.165) is 44.7 Å². The molecule has 0 radical (unpaired) electrons. The topological polar surface area (TPSA) is 88.1 Å². The first kappa shape index (κ1) is 17.3. The van der Waals surface area contributed by atoms with Gasteiger partial charge in [0, 0.05) is 34.8 Å². The Morgan fingerprint density at radius 2 is 2.00 bits per heavy atom. The van der Waals surface area contributed by atoms with E-state index in [0.29, 0.717) is 12.2 Å². The van der Waals surface area contributed by atoms with Crippen LogP contribution in [0.4, 0.5) is 4.39 Å². The predicted octanol–water partition coefficient (Wildman–Crippen LogP) is 4.02. The van der Waals surface area contributed by atoms with Crippen LogP contribution in [-0.2, 0) is 6.54 Å². The Hall–Kier alpha value is -3.81. The molecule has 5 aromatic rings. The van der Waals surface area contributed by atoms with Crippen molar-refractivity contribution < 1.29 is 4.39 Å². The highest BCUT2D eigenvalue weighted by Crippen LogP contribution is 2.28. The summed E-state index contributed by atoms with van der Waals surface area (Å²) in [5.74, 6) is -0.244. The van der Waals surface area contributed by atoms with Gasteiger partial charge in [0.1, 0.15) is 11.3 Å². The Morgan fingerprint density at radius 3 is 2.83 bits per heavy atom. The number of nitrogens with zero attached hydrogens (tertiary/aromatic N) is 5. The van der Waals surface area contributed by atoms with E-state index >= 15 is 0 Å². The Bertz CT molecular complexity index is 1330. The second-order valence-electron chi connectivity index (χ2n) is 7.06. The summed E-state index contributed by atoms with van der Waals surface area (Å²) in [6, 6.07) is 4.80. The van der Waals surface area contributed by atoms with E-state index in [4.69, 9.17) is 4.98 Å². The number of fused-ring (bicyclic) bond motifs is 1. The van der Waals surface area contributed by atoms with Crippen LogP contribution in [-0.4, -0.2) is 34.9 Å². The summed E-state index contributed by atoms with van der Waals surface area (Å²) >= 11 is 0. The molecule has 0 atom stereocenters. The Balaban J connectivity index is 1.51. The third-order valence-corrected chi connectivity index (χ3v) is 5.07. The van der Waals surface area contributed by atoms with E-state index in [9.17, 15) is 4.39 Å². The van der Waals surface area contributed by atoms with Crippen LogP contribution in [0, 0.1) is 19.7 Å². The lowest BCUT2D eigenvalue weighted by molar-refractivity contribution is 0.618. The van der Waals surface area contributed by atoms with Crippen molar-refractivity contribution in [2.24, 2.45) is 0 Å². The zero-order valence-electron chi connectivity index (χ0n) is 15.9. The van der Waals surface area contributed by atoms with E-state index in [1.807, 2.05) is 26.2 Å². The minimum Gasteiger partial charge on any atom is -0.344 e. The number of hydrogen-bond donors (Lipinski definition) is 2. The molecule has 0 bridgehead atoms. The number of nitrogens with one attached hydrogen (secondary N) is 2. The minimum absolute atomic E-state index is 0.244. The lowest BCUT2D eigenvalue weighted by atomic mass is 10.1. The van der Waals surface area contributed by atoms with Gasteiger partial charge in [-0.15, -0.1) is 0 Å². The Kier molecular flexibility index (Phi) is 3.97. The summed E-state index contributed by atoms with van der Waals surface area (Å²) < 4.78 is 15.4. The molecule has 0 aliphatic carbocycles. The highest BCUT2D eigenvalue weighted by atomic mass is 19.1. The highest BCUT2D eigenvalue weighted by molar-refractivity contribution is 5.91. The average molecular weight is 387 g/mol. The van der Waals surface area contributed by atoms with Crippen molar-refractivity contribution in [3.05, 3.63) is 71.8 Å². The van der Waals surface area contributed by atoms with Crippen molar-refractivity contribution in [1.82, 2.24) is 34.9 Å². The van der Waals surface area contributed by atoms with Crippen molar-refractivity contribution in [3.8, 4) is 22.4 Å². The maximum atomic E-state index is 13.6. The number of rotatable bonds is 4. The highest BCUT2D eigenvalue weighted by Gasteiger charge is 2.14. The molecule has 0 fully saturated rings. The number of benzene rings is 1. The summed E-state index contributed by atoms with van der Waals surface area (Å²) in [7, 11) is 0. The van der Waals surface area contributed by atoms with Crippen molar-refractivity contribution >= 4 is 11.2 Å². The van der Waals surface area contributed by atoms with Gasteiger partial charge in [0.05, 0.1) is 30.8 Å². The van der Waals surface area contributed by atoms with Gasteiger partial charge in [0.15, 0.2) is 5.65 Å². The van der Waals surface area contributed by atoms with Gasteiger partial charge in [-0.2, -0.15) is 10.2 Å². The molecule has 5 rings (SSSR count). The molecule has 29 heavy (non-hydrogen) atoms. The molecule has 0 saturated heterocycles. The fraction of sp³-hybridized carbons (Fsp3) is 0.143. The first-order valence-corrected chi connectivity index (χ1v) is 9.21. The third kappa shape index (κ3) is 3.08. The molecule has 144 valence electrons. The molecule has 2 N–H and O–H groups in total. The van der Waals surface area contributed by atoms with E-state index in [2.05, 4.69) is 25.3 Å². The third-order valence-electron chi connectivity index (χ3n) is 5.07. The molecule has 8 heteroatoms. The lowest BCUT2D eigenvalue weighted by Gasteiger charge is -2.06. The molecular formula is C21H18FN7. The number of halogens is 1. The van der Waals surface area contributed by atoms with Crippen LogP contribution >= 0.6 is 0 Å². The predicted molar refractivity (Wildman–Crippen MR) is 108 cm³/mol. The fourth-order valence-electron chi connectivity index (χ4n) is 3.42. The fourth-order valence-corrected chi connectivity index (χ4v) is 3.42. The van der Waals surface area contributed by atoms with Crippen LogP contribution in [0.2, 0.25) is 0 Å². The van der Waals surface area contributed by atoms with Gasteiger partial charge in [-0.3, -0.25) is 9.78 Å². The van der Waals surface area contributed by atoms with Crippen molar-refractivity contribution in [3.63, 3.8) is 0 Å². The molecule has 4 heterocycles. The van der Waals surface area contributed by atoms with Gasteiger partial charge >= 0.3 is 0 Å². The molecule has 0 amide bonds. The van der Waals surface area contributed by atoms with Crippen molar-refractivity contribution in [1.29, 1.82) is 0 Å². The van der Waals surface area contributed by atoms with Crippen molar-refractivity contribution in [2.75, 3.05) is 0 Å². The minimum atomic E-state index is -0.244. The van der Waals surface area contributed by atoms with Crippen molar-refractivity contribution in [2.45, 2.75) is 20.4 Å². The van der Waals surface area contributed by atoms with Gasteiger partial charge in [0.2, 0.25) is 0 Å². The molecule has 1 aromatic carbocycles. The number of aryl methyl sites for hydroxylation is 2. The van der Waals surface area contributed by atoms with E-state index < -0.39 is 0 Å².